The number of carbonyl (C=O) groups is 2. The molecule has 3 amide bonds. The monoisotopic (exact) mass is 646 g/mol. The van der Waals surface area contributed by atoms with E-state index in [1.807, 2.05) is 36.4 Å². The van der Waals surface area contributed by atoms with E-state index in [1.54, 1.807) is 11.8 Å². The number of halogens is 1. The van der Waals surface area contributed by atoms with Crippen LogP contribution in [0.5, 0.6) is 0 Å². The van der Waals surface area contributed by atoms with Crippen LogP contribution in [0.1, 0.15) is 62.1 Å². The highest BCUT2D eigenvalue weighted by atomic mass is 35.5. The first kappa shape index (κ1) is 33.8. The highest BCUT2D eigenvalue weighted by molar-refractivity contribution is 6.30. The summed E-state index contributed by atoms with van der Waals surface area (Å²) in [5.74, 6) is 0. The topological polar surface area (TPSA) is 94.1 Å². The third-order valence-corrected chi connectivity index (χ3v) is 9.95. The van der Waals surface area contributed by atoms with Gasteiger partial charge in [-0.25, -0.2) is 9.59 Å². The van der Waals surface area contributed by atoms with Crippen molar-refractivity contribution >= 4 is 23.7 Å². The molecule has 2 aliphatic rings. The predicted octanol–water partition coefficient (Wildman–Crippen LogP) is 6.31. The lowest BCUT2D eigenvalue weighted by Crippen LogP contribution is -2.51. The Morgan fingerprint density at radius 1 is 0.913 bits per heavy atom. The summed E-state index contributed by atoms with van der Waals surface area (Å²) in [6.45, 7) is 6.28. The number of hydrogen-bond donors (Lipinski definition) is 3. The molecular weight excluding hydrogens is 600 g/mol. The van der Waals surface area contributed by atoms with E-state index in [0.717, 1.165) is 38.0 Å². The van der Waals surface area contributed by atoms with E-state index in [0.29, 0.717) is 56.9 Å². The molecule has 0 atom stereocenters. The first-order valence-electron chi connectivity index (χ1n) is 16.6. The number of nitrogens with zero attached hydrogens (tertiary/aromatic N) is 2. The maximum Gasteiger partial charge on any atom is 0.409 e. The third kappa shape index (κ3) is 8.41. The minimum atomic E-state index is -0.828. The van der Waals surface area contributed by atoms with Gasteiger partial charge in [-0.15, -0.1) is 0 Å². The zero-order valence-electron chi connectivity index (χ0n) is 26.8. The molecule has 0 unspecified atom stereocenters. The summed E-state index contributed by atoms with van der Waals surface area (Å²) in [4.78, 5) is 29.5. The zero-order chi connectivity index (χ0) is 32.4. The molecule has 0 aromatic heterocycles. The van der Waals surface area contributed by atoms with E-state index in [1.165, 1.54) is 11.1 Å². The molecule has 2 saturated heterocycles. The lowest BCUT2D eigenvalue weighted by atomic mass is 9.71. The van der Waals surface area contributed by atoms with Gasteiger partial charge < -0.3 is 30.3 Å². The smallest absolute Gasteiger partial charge is 0.409 e. The van der Waals surface area contributed by atoms with Crippen molar-refractivity contribution in [1.82, 2.24) is 20.4 Å². The van der Waals surface area contributed by atoms with Crippen molar-refractivity contribution in [3.63, 3.8) is 0 Å². The Kier molecular flexibility index (Phi) is 11.6. The number of piperidine rings is 2. The number of benzene rings is 3. The molecule has 9 heteroatoms. The molecule has 46 heavy (non-hydrogen) atoms. The zero-order valence-corrected chi connectivity index (χ0v) is 27.6. The molecule has 0 spiro atoms. The quantitative estimate of drug-likeness (QED) is 0.227. The second-order valence-corrected chi connectivity index (χ2v) is 13.0. The largest absolute Gasteiger partial charge is 0.450 e. The van der Waals surface area contributed by atoms with Crippen molar-refractivity contribution in [2.75, 3.05) is 45.9 Å². The molecule has 0 radical (unpaired) electrons. The first-order valence-corrected chi connectivity index (χ1v) is 17.0. The number of rotatable bonds is 11. The van der Waals surface area contributed by atoms with Gasteiger partial charge in [0.1, 0.15) is 0 Å². The molecule has 0 saturated carbocycles. The van der Waals surface area contributed by atoms with Crippen molar-refractivity contribution in [2.45, 2.75) is 62.5 Å². The molecule has 2 heterocycles. The molecular formula is C37H47ClN4O4. The summed E-state index contributed by atoms with van der Waals surface area (Å²) in [6, 6.07) is 28.3. The molecule has 3 aromatic rings. The molecule has 3 N–H and O–H groups in total. The van der Waals surface area contributed by atoms with Crippen molar-refractivity contribution in [1.29, 1.82) is 0 Å². The van der Waals surface area contributed by atoms with Crippen LogP contribution < -0.4 is 10.6 Å². The van der Waals surface area contributed by atoms with Gasteiger partial charge in [-0.2, -0.15) is 0 Å². The lowest BCUT2D eigenvalue weighted by Gasteiger charge is -2.40. The highest BCUT2D eigenvalue weighted by Gasteiger charge is 2.37. The van der Waals surface area contributed by atoms with Crippen molar-refractivity contribution in [2.24, 2.45) is 0 Å². The summed E-state index contributed by atoms with van der Waals surface area (Å²) in [5, 5.41) is 18.4. The van der Waals surface area contributed by atoms with Gasteiger partial charge in [0.05, 0.1) is 12.2 Å². The molecule has 5 rings (SSSR count). The number of carbonyl (C=O) groups excluding carboxylic acids is 2. The van der Waals surface area contributed by atoms with E-state index in [-0.39, 0.29) is 18.2 Å². The minimum absolute atomic E-state index is 0.000791. The van der Waals surface area contributed by atoms with Crippen LogP contribution >= 0.6 is 11.6 Å². The van der Waals surface area contributed by atoms with Gasteiger partial charge in [0.25, 0.3) is 0 Å². The van der Waals surface area contributed by atoms with Gasteiger partial charge in [0.2, 0.25) is 0 Å². The standard InChI is InChI=1S/C37H47ClN4O4/c1-2-46-35(44)42-24-18-33(19-25-42)40-34(43)39-28-36(29-10-5-3-6-11-29,30-12-7-4-8-13-30)20-9-23-41-26-21-37(45,22-27-41)31-14-16-32(38)17-15-31/h3-8,10-17,33,45H,2,9,18-28H2,1H3,(H2,39,40,43). The minimum Gasteiger partial charge on any atom is -0.450 e. The van der Waals surface area contributed by atoms with E-state index >= 15 is 0 Å². The van der Waals surface area contributed by atoms with Crippen LogP contribution in [0.4, 0.5) is 9.59 Å². The van der Waals surface area contributed by atoms with Crippen LogP contribution in [0.25, 0.3) is 0 Å². The third-order valence-electron chi connectivity index (χ3n) is 9.70. The Balaban J connectivity index is 1.23. The van der Waals surface area contributed by atoms with Gasteiger partial charge in [0, 0.05) is 49.2 Å². The fourth-order valence-electron chi connectivity index (χ4n) is 6.95. The van der Waals surface area contributed by atoms with Crippen LogP contribution in [0.15, 0.2) is 84.9 Å². The molecule has 8 nitrogen and oxygen atoms in total. The number of nitrogens with one attached hydrogen (secondary N) is 2. The molecule has 2 fully saturated rings. The number of aliphatic hydroxyl groups is 1. The molecule has 0 aliphatic carbocycles. The van der Waals surface area contributed by atoms with Gasteiger partial charge in [0.15, 0.2) is 0 Å². The Bertz CT molecular complexity index is 1350. The number of hydrogen-bond acceptors (Lipinski definition) is 5. The number of ether oxygens (including phenoxy) is 1. The van der Waals surface area contributed by atoms with Crippen LogP contribution in [-0.2, 0) is 15.8 Å². The summed E-state index contributed by atoms with van der Waals surface area (Å²) in [7, 11) is 0. The number of likely N-dealkylation sites (tertiary alicyclic amines) is 2. The van der Waals surface area contributed by atoms with Crippen molar-refractivity contribution in [3.05, 3.63) is 107 Å². The molecule has 3 aromatic carbocycles. The fourth-order valence-corrected chi connectivity index (χ4v) is 7.08. The molecule has 0 bridgehead atoms. The fraction of sp³-hybridized carbons (Fsp3) is 0.459. The van der Waals surface area contributed by atoms with Crippen LogP contribution in [0.2, 0.25) is 5.02 Å². The second kappa shape index (κ2) is 15.8. The van der Waals surface area contributed by atoms with Crippen LogP contribution in [0, 0.1) is 0 Å². The summed E-state index contributed by atoms with van der Waals surface area (Å²) in [6.07, 6.45) is 4.23. The van der Waals surface area contributed by atoms with Crippen LogP contribution in [0.3, 0.4) is 0 Å². The Labute approximate surface area is 278 Å². The van der Waals surface area contributed by atoms with Gasteiger partial charge in [-0.1, -0.05) is 84.4 Å². The molecule has 2 aliphatic heterocycles. The van der Waals surface area contributed by atoms with E-state index < -0.39 is 11.0 Å². The number of amides is 3. The first-order chi connectivity index (χ1) is 22.3. The summed E-state index contributed by atoms with van der Waals surface area (Å²) >= 11 is 6.08. The normalized spacial score (nSPS) is 17.3. The SMILES string of the molecule is CCOC(=O)N1CCC(NC(=O)NCC(CCCN2CCC(O)(c3ccc(Cl)cc3)CC2)(c2ccccc2)c2ccccc2)CC1. The summed E-state index contributed by atoms with van der Waals surface area (Å²) in [5.41, 5.74) is 2.01. The van der Waals surface area contributed by atoms with Crippen LogP contribution in [-0.4, -0.2) is 78.9 Å². The van der Waals surface area contributed by atoms with Gasteiger partial charge in [-0.3, -0.25) is 0 Å². The maximum absolute atomic E-state index is 13.3. The Hall–Kier alpha value is -3.59. The van der Waals surface area contributed by atoms with E-state index in [2.05, 4.69) is 64.1 Å². The maximum atomic E-state index is 13.3. The van der Waals surface area contributed by atoms with Crippen molar-refractivity contribution < 1.29 is 19.4 Å². The van der Waals surface area contributed by atoms with E-state index in [4.69, 9.17) is 16.3 Å². The van der Waals surface area contributed by atoms with Crippen molar-refractivity contribution in [3.8, 4) is 0 Å². The van der Waals surface area contributed by atoms with Gasteiger partial charge >= 0.3 is 12.1 Å². The predicted molar refractivity (Wildman–Crippen MR) is 182 cm³/mol. The average Bonchev–Trinajstić information content (AvgIpc) is 3.09. The lowest BCUT2D eigenvalue weighted by molar-refractivity contribution is -0.0262. The Morgan fingerprint density at radius 3 is 2.07 bits per heavy atom. The van der Waals surface area contributed by atoms with E-state index in [9.17, 15) is 14.7 Å². The summed E-state index contributed by atoms with van der Waals surface area (Å²) < 4.78 is 5.13. The highest BCUT2D eigenvalue weighted by Crippen LogP contribution is 2.38. The van der Waals surface area contributed by atoms with Gasteiger partial charge in [-0.05, 0) is 80.8 Å². The number of urea groups is 1. The second-order valence-electron chi connectivity index (χ2n) is 12.6. The molecule has 246 valence electrons. The Morgan fingerprint density at radius 2 is 1.50 bits per heavy atom. The average molecular weight is 647 g/mol.